The van der Waals surface area contributed by atoms with Gasteiger partial charge in [0, 0.05) is 29.2 Å². The maximum atomic E-state index is 13.4. The Kier molecular flexibility index (Phi) is 2.83. The fourth-order valence-electron chi connectivity index (χ4n) is 2.38. The van der Waals surface area contributed by atoms with Crippen molar-refractivity contribution < 1.29 is 13.6 Å². The lowest BCUT2D eigenvalue weighted by Crippen LogP contribution is -2.11. The summed E-state index contributed by atoms with van der Waals surface area (Å²) in [6, 6.07) is 3.71. The van der Waals surface area contributed by atoms with Crippen LogP contribution >= 0.6 is 0 Å². The van der Waals surface area contributed by atoms with Gasteiger partial charge in [0.25, 0.3) is 5.91 Å². The van der Waals surface area contributed by atoms with Crippen molar-refractivity contribution in [2.75, 3.05) is 5.32 Å². The van der Waals surface area contributed by atoms with E-state index in [0.717, 1.165) is 12.1 Å². The summed E-state index contributed by atoms with van der Waals surface area (Å²) in [5, 5.41) is 10.3. The van der Waals surface area contributed by atoms with Gasteiger partial charge in [-0.25, -0.2) is 13.8 Å². The van der Waals surface area contributed by atoms with Crippen LogP contribution in [-0.2, 0) is 0 Å². The summed E-state index contributed by atoms with van der Waals surface area (Å²) in [5.41, 5.74) is 1.65. The number of H-pyrrole nitrogens is 2. The first-order valence-corrected chi connectivity index (χ1v) is 6.68. The Labute approximate surface area is 127 Å². The van der Waals surface area contributed by atoms with E-state index >= 15 is 0 Å². The van der Waals surface area contributed by atoms with Crippen LogP contribution in [0.1, 0.15) is 10.4 Å². The zero-order valence-electron chi connectivity index (χ0n) is 11.5. The zero-order valence-corrected chi connectivity index (χ0v) is 11.5. The van der Waals surface area contributed by atoms with Crippen molar-refractivity contribution >= 4 is 33.5 Å². The van der Waals surface area contributed by atoms with Crippen molar-refractivity contribution in [2.45, 2.75) is 0 Å². The van der Waals surface area contributed by atoms with E-state index in [2.05, 4.69) is 25.5 Å². The summed E-state index contributed by atoms with van der Waals surface area (Å²) >= 11 is 0. The number of amides is 1. The van der Waals surface area contributed by atoms with Gasteiger partial charge in [-0.15, -0.1) is 0 Å². The molecule has 3 aromatic heterocycles. The minimum atomic E-state index is -0.978. The normalized spacial score (nSPS) is 11.2. The number of nitrogens with one attached hydrogen (secondary N) is 3. The highest BCUT2D eigenvalue weighted by Crippen LogP contribution is 2.26. The monoisotopic (exact) mass is 313 g/mol. The van der Waals surface area contributed by atoms with Crippen molar-refractivity contribution in [1.29, 1.82) is 0 Å². The maximum Gasteiger partial charge on any atom is 0.257 e. The highest BCUT2D eigenvalue weighted by Gasteiger charge is 2.13. The molecule has 0 fully saturated rings. The highest BCUT2D eigenvalue weighted by molar-refractivity contribution is 6.09. The highest BCUT2D eigenvalue weighted by atomic mass is 19.2. The van der Waals surface area contributed by atoms with Crippen LogP contribution in [0.3, 0.4) is 0 Å². The molecular formula is C15H9F2N5O. The smallest absolute Gasteiger partial charge is 0.257 e. The van der Waals surface area contributed by atoms with Gasteiger partial charge in [-0.05, 0) is 12.1 Å². The van der Waals surface area contributed by atoms with Crippen LogP contribution in [-0.4, -0.2) is 26.1 Å². The number of anilines is 1. The van der Waals surface area contributed by atoms with Gasteiger partial charge < -0.3 is 10.3 Å². The maximum absolute atomic E-state index is 13.4. The van der Waals surface area contributed by atoms with E-state index in [0.29, 0.717) is 33.2 Å². The van der Waals surface area contributed by atoms with Gasteiger partial charge in [-0.2, -0.15) is 5.10 Å². The average molecular weight is 313 g/mol. The SMILES string of the molecule is O=C(Nc1c[nH]c2cc(F)c(F)cc12)c1cnc2[nH]ncc2c1. The third-order valence-electron chi connectivity index (χ3n) is 3.52. The number of fused-ring (bicyclic) bond motifs is 2. The summed E-state index contributed by atoms with van der Waals surface area (Å²) in [6.07, 6.45) is 4.44. The van der Waals surface area contributed by atoms with Crippen molar-refractivity contribution in [2.24, 2.45) is 0 Å². The molecule has 0 atom stereocenters. The minimum Gasteiger partial charge on any atom is -0.359 e. The van der Waals surface area contributed by atoms with Crippen molar-refractivity contribution in [1.82, 2.24) is 20.2 Å². The minimum absolute atomic E-state index is 0.329. The standard InChI is InChI=1S/C15H9F2N5O/c16-10-2-9-12(3-11(10)17)18-6-13(9)21-15(23)8-1-7-5-20-22-14(7)19-4-8/h1-6,18H,(H,21,23)(H,19,20,22). The molecule has 6 nitrogen and oxygen atoms in total. The third kappa shape index (κ3) is 2.20. The second-order valence-electron chi connectivity index (χ2n) is 5.00. The van der Waals surface area contributed by atoms with Crippen LogP contribution in [0.4, 0.5) is 14.5 Å². The number of benzene rings is 1. The first-order valence-electron chi connectivity index (χ1n) is 6.68. The predicted octanol–water partition coefficient (Wildman–Crippen LogP) is 2.97. The molecule has 0 spiro atoms. The second-order valence-corrected chi connectivity index (χ2v) is 5.00. The molecule has 4 aromatic rings. The molecule has 0 unspecified atom stereocenters. The van der Waals surface area contributed by atoms with Crippen molar-refractivity contribution in [3.8, 4) is 0 Å². The molecule has 23 heavy (non-hydrogen) atoms. The van der Waals surface area contributed by atoms with Crippen LogP contribution in [0.5, 0.6) is 0 Å². The first kappa shape index (κ1) is 13.4. The molecule has 0 aliphatic rings. The Morgan fingerprint density at radius 3 is 2.83 bits per heavy atom. The number of hydrogen-bond acceptors (Lipinski definition) is 3. The molecule has 8 heteroatoms. The lowest BCUT2D eigenvalue weighted by molar-refractivity contribution is 0.102. The quantitative estimate of drug-likeness (QED) is 0.532. The number of carbonyl (C=O) groups is 1. The predicted molar refractivity (Wildman–Crippen MR) is 80.1 cm³/mol. The molecular weight excluding hydrogens is 304 g/mol. The number of rotatable bonds is 2. The lowest BCUT2D eigenvalue weighted by atomic mass is 10.2. The number of carbonyl (C=O) groups excluding carboxylic acids is 1. The molecule has 0 aliphatic carbocycles. The Balaban J connectivity index is 1.69. The molecule has 0 saturated heterocycles. The molecule has 114 valence electrons. The Bertz CT molecular complexity index is 1050. The van der Waals surface area contributed by atoms with Crippen LogP contribution in [0.15, 0.2) is 36.8 Å². The van der Waals surface area contributed by atoms with Gasteiger partial charge in [0.15, 0.2) is 17.3 Å². The molecule has 3 heterocycles. The number of hydrogen-bond donors (Lipinski definition) is 3. The van der Waals surface area contributed by atoms with Crippen LogP contribution in [0.25, 0.3) is 21.9 Å². The van der Waals surface area contributed by atoms with Crippen LogP contribution < -0.4 is 5.32 Å². The molecule has 0 saturated carbocycles. The van der Waals surface area contributed by atoms with E-state index < -0.39 is 17.5 Å². The number of aromatic amines is 2. The summed E-state index contributed by atoms with van der Waals surface area (Å²) in [7, 11) is 0. The van der Waals surface area contributed by atoms with Crippen LogP contribution in [0, 0.1) is 11.6 Å². The van der Waals surface area contributed by atoms with Crippen molar-refractivity contribution in [3.63, 3.8) is 0 Å². The van der Waals surface area contributed by atoms with Gasteiger partial charge in [-0.3, -0.25) is 9.89 Å². The zero-order chi connectivity index (χ0) is 16.0. The number of pyridine rings is 1. The first-order chi connectivity index (χ1) is 11.1. The van der Waals surface area contributed by atoms with Gasteiger partial charge >= 0.3 is 0 Å². The van der Waals surface area contributed by atoms with E-state index in [-0.39, 0.29) is 0 Å². The van der Waals surface area contributed by atoms with Crippen molar-refractivity contribution in [3.05, 3.63) is 54.0 Å². The Morgan fingerprint density at radius 2 is 1.96 bits per heavy atom. The molecule has 0 radical (unpaired) electrons. The average Bonchev–Trinajstić information content (AvgIpc) is 3.15. The summed E-state index contributed by atoms with van der Waals surface area (Å²) in [6.45, 7) is 0. The second kappa shape index (κ2) is 4.87. The Hall–Kier alpha value is -3.29. The molecule has 3 N–H and O–H groups in total. The number of nitrogens with zero attached hydrogens (tertiary/aromatic N) is 2. The molecule has 0 bridgehead atoms. The fourth-order valence-corrected chi connectivity index (χ4v) is 2.38. The third-order valence-corrected chi connectivity index (χ3v) is 3.52. The van der Waals surface area contributed by atoms with Crippen LogP contribution in [0.2, 0.25) is 0 Å². The van der Waals surface area contributed by atoms with E-state index in [9.17, 15) is 13.6 Å². The summed E-state index contributed by atoms with van der Waals surface area (Å²) in [4.78, 5) is 19.2. The van der Waals surface area contributed by atoms with E-state index in [1.54, 1.807) is 12.3 Å². The van der Waals surface area contributed by atoms with Gasteiger partial charge in [0.05, 0.1) is 23.0 Å². The molecule has 1 amide bonds. The van der Waals surface area contributed by atoms with E-state index in [1.807, 2.05) is 0 Å². The summed E-state index contributed by atoms with van der Waals surface area (Å²) in [5.74, 6) is -2.34. The lowest BCUT2D eigenvalue weighted by Gasteiger charge is -2.04. The Morgan fingerprint density at radius 1 is 1.13 bits per heavy atom. The van der Waals surface area contributed by atoms with E-state index in [1.165, 1.54) is 12.4 Å². The van der Waals surface area contributed by atoms with E-state index in [4.69, 9.17) is 0 Å². The largest absolute Gasteiger partial charge is 0.359 e. The van der Waals surface area contributed by atoms with Gasteiger partial charge in [0.2, 0.25) is 0 Å². The fraction of sp³-hybridized carbons (Fsp3) is 0. The number of aromatic nitrogens is 4. The van der Waals surface area contributed by atoms with Gasteiger partial charge in [0.1, 0.15) is 0 Å². The van der Waals surface area contributed by atoms with Gasteiger partial charge in [-0.1, -0.05) is 0 Å². The molecule has 1 aromatic carbocycles. The summed E-state index contributed by atoms with van der Waals surface area (Å²) < 4.78 is 26.6. The molecule has 4 rings (SSSR count). The topological polar surface area (TPSA) is 86.5 Å². The molecule has 0 aliphatic heterocycles. The number of halogens is 2.